The number of carboxylic acid groups (broad SMARTS) is 1. The highest BCUT2D eigenvalue weighted by atomic mass is 16.4. The first-order valence-corrected chi connectivity index (χ1v) is 7.31. The summed E-state index contributed by atoms with van der Waals surface area (Å²) in [5, 5.41) is 11.8. The lowest BCUT2D eigenvalue weighted by Gasteiger charge is -2.26. The normalized spacial score (nSPS) is 23.9. The minimum atomic E-state index is -0.817. The zero-order valence-electron chi connectivity index (χ0n) is 12.4. The monoisotopic (exact) mass is 269 g/mol. The second kappa shape index (κ2) is 6.92. The third-order valence-corrected chi connectivity index (χ3v) is 4.17. The summed E-state index contributed by atoms with van der Waals surface area (Å²) < 4.78 is 0. The van der Waals surface area contributed by atoms with Gasteiger partial charge in [0.25, 0.3) is 0 Å². The summed E-state index contributed by atoms with van der Waals surface area (Å²) in [7, 11) is 0. The number of carbonyl (C=O) groups excluding carboxylic acids is 1. The van der Waals surface area contributed by atoms with Crippen molar-refractivity contribution in [2.45, 2.75) is 59.3 Å². The molecule has 110 valence electrons. The van der Waals surface area contributed by atoms with E-state index in [-0.39, 0.29) is 5.91 Å². The van der Waals surface area contributed by atoms with E-state index in [0.29, 0.717) is 25.3 Å². The SMILES string of the molecule is CC1CCCC(CC(=O)NCCC(C)(C)C(=O)O)C1. The fraction of sp³-hybridized carbons (Fsp3) is 0.867. The van der Waals surface area contributed by atoms with Crippen LogP contribution in [0.25, 0.3) is 0 Å². The van der Waals surface area contributed by atoms with E-state index in [1.54, 1.807) is 13.8 Å². The highest BCUT2D eigenvalue weighted by Gasteiger charge is 2.27. The second-order valence-corrected chi connectivity index (χ2v) is 6.63. The molecule has 1 saturated carbocycles. The van der Waals surface area contributed by atoms with Crippen LogP contribution in [0.15, 0.2) is 0 Å². The minimum absolute atomic E-state index is 0.0697. The van der Waals surface area contributed by atoms with Crippen molar-refractivity contribution < 1.29 is 14.7 Å². The number of hydrogen-bond acceptors (Lipinski definition) is 2. The third-order valence-electron chi connectivity index (χ3n) is 4.17. The van der Waals surface area contributed by atoms with E-state index >= 15 is 0 Å². The summed E-state index contributed by atoms with van der Waals surface area (Å²) in [5.74, 6) is 0.497. The first-order valence-electron chi connectivity index (χ1n) is 7.31. The third kappa shape index (κ3) is 5.62. The number of rotatable bonds is 6. The van der Waals surface area contributed by atoms with Crippen LogP contribution in [0.4, 0.5) is 0 Å². The Hall–Kier alpha value is -1.06. The average Bonchev–Trinajstić information content (AvgIpc) is 2.28. The Morgan fingerprint density at radius 3 is 2.58 bits per heavy atom. The van der Waals surface area contributed by atoms with Gasteiger partial charge in [0.1, 0.15) is 0 Å². The van der Waals surface area contributed by atoms with Gasteiger partial charge in [0.2, 0.25) is 5.91 Å². The standard InChI is InChI=1S/C15H27NO3/c1-11-5-4-6-12(9-11)10-13(17)16-8-7-15(2,3)14(18)19/h11-12H,4-10H2,1-3H3,(H,16,17)(H,18,19). The van der Waals surface area contributed by atoms with Gasteiger partial charge in [-0.2, -0.15) is 0 Å². The Morgan fingerprint density at radius 2 is 2.00 bits per heavy atom. The number of hydrogen-bond donors (Lipinski definition) is 2. The molecule has 4 nitrogen and oxygen atoms in total. The molecular weight excluding hydrogens is 242 g/mol. The molecule has 1 aliphatic rings. The van der Waals surface area contributed by atoms with Crippen molar-refractivity contribution in [2.75, 3.05) is 6.54 Å². The molecule has 0 heterocycles. The van der Waals surface area contributed by atoms with Crippen LogP contribution in [-0.4, -0.2) is 23.5 Å². The predicted octanol–water partition coefficient (Wildman–Crippen LogP) is 2.82. The van der Waals surface area contributed by atoms with Crippen molar-refractivity contribution in [1.82, 2.24) is 5.32 Å². The van der Waals surface area contributed by atoms with Crippen LogP contribution in [0.5, 0.6) is 0 Å². The van der Waals surface area contributed by atoms with Crippen LogP contribution in [0.2, 0.25) is 0 Å². The molecule has 2 unspecified atom stereocenters. The molecule has 0 aromatic rings. The van der Waals surface area contributed by atoms with E-state index in [0.717, 1.165) is 18.8 Å². The van der Waals surface area contributed by atoms with Gasteiger partial charge in [0, 0.05) is 13.0 Å². The first-order chi connectivity index (χ1) is 8.81. The van der Waals surface area contributed by atoms with Gasteiger partial charge >= 0.3 is 5.97 Å². The predicted molar refractivity (Wildman–Crippen MR) is 74.8 cm³/mol. The Labute approximate surface area is 116 Å². The van der Waals surface area contributed by atoms with E-state index < -0.39 is 11.4 Å². The molecule has 1 fully saturated rings. The maximum absolute atomic E-state index is 11.8. The fourth-order valence-electron chi connectivity index (χ4n) is 2.70. The molecule has 0 radical (unpaired) electrons. The highest BCUT2D eigenvalue weighted by Crippen LogP contribution is 2.30. The Morgan fingerprint density at radius 1 is 1.32 bits per heavy atom. The van der Waals surface area contributed by atoms with E-state index in [2.05, 4.69) is 12.2 Å². The van der Waals surface area contributed by atoms with Gasteiger partial charge in [0.15, 0.2) is 0 Å². The lowest BCUT2D eigenvalue weighted by Crippen LogP contribution is -2.33. The lowest BCUT2D eigenvalue weighted by molar-refractivity contribution is -0.147. The van der Waals surface area contributed by atoms with Crippen LogP contribution < -0.4 is 5.32 Å². The molecule has 4 heteroatoms. The minimum Gasteiger partial charge on any atom is -0.481 e. The Bertz CT molecular complexity index is 325. The van der Waals surface area contributed by atoms with Crippen LogP contribution in [0.3, 0.4) is 0 Å². The smallest absolute Gasteiger partial charge is 0.309 e. The highest BCUT2D eigenvalue weighted by molar-refractivity contribution is 5.76. The van der Waals surface area contributed by atoms with Crippen molar-refractivity contribution in [1.29, 1.82) is 0 Å². The summed E-state index contributed by atoms with van der Waals surface area (Å²) >= 11 is 0. The summed E-state index contributed by atoms with van der Waals surface area (Å²) in [6.45, 7) is 6.06. The Balaban J connectivity index is 2.23. The van der Waals surface area contributed by atoms with Gasteiger partial charge < -0.3 is 10.4 Å². The van der Waals surface area contributed by atoms with E-state index in [4.69, 9.17) is 5.11 Å². The van der Waals surface area contributed by atoms with Crippen molar-refractivity contribution in [3.63, 3.8) is 0 Å². The number of carbonyl (C=O) groups is 2. The van der Waals surface area contributed by atoms with Gasteiger partial charge in [-0.05, 0) is 44.9 Å². The fourth-order valence-corrected chi connectivity index (χ4v) is 2.70. The summed E-state index contributed by atoms with van der Waals surface area (Å²) in [4.78, 5) is 22.8. The molecule has 1 amide bonds. The quantitative estimate of drug-likeness (QED) is 0.779. The number of aliphatic carboxylic acids is 1. The van der Waals surface area contributed by atoms with E-state index in [1.165, 1.54) is 12.8 Å². The second-order valence-electron chi connectivity index (χ2n) is 6.63. The van der Waals surface area contributed by atoms with Crippen molar-refractivity contribution >= 4 is 11.9 Å². The number of nitrogens with one attached hydrogen (secondary N) is 1. The molecule has 19 heavy (non-hydrogen) atoms. The van der Waals surface area contributed by atoms with Crippen LogP contribution in [0.1, 0.15) is 59.3 Å². The molecule has 0 aliphatic heterocycles. The van der Waals surface area contributed by atoms with Gasteiger partial charge in [0.05, 0.1) is 5.41 Å². The zero-order chi connectivity index (χ0) is 14.5. The van der Waals surface area contributed by atoms with E-state index in [9.17, 15) is 9.59 Å². The lowest BCUT2D eigenvalue weighted by atomic mass is 9.81. The van der Waals surface area contributed by atoms with Gasteiger partial charge in [-0.15, -0.1) is 0 Å². The van der Waals surface area contributed by atoms with Crippen LogP contribution in [-0.2, 0) is 9.59 Å². The largest absolute Gasteiger partial charge is 0.481 e. The molecule has 0 aromatic carbocycles. The number of amides is 1. The summed E-state index contributed by atoms with van der Waals surface area (Å²) in [5.41, 5.74) is -0.771. The van der Waals surface area contributed by atoms with Crippen molar-refractivity contribution in [3.05, 3.63) is 0 Å². The molecule has 0 saturated heterocycles. The average molecular weight is 269 g/mol. The Kier molecular flexibility index (Phi) is 5.83. The number of carboxylic acids is 1. The van der Waals surface area contributed by atoms with Crippen molar-refractivity contribution in [2.24, 2.45) is 17.3 Å². The molecule has 2 atom stereocenters. The molecule has 0 aromatic heterocycles. The molecule has 0 spiro atoms. The molecular formula is C15H27NO3. The maximum Gasteiger partial charge on any atom is 0.309 e. The first kappa shape index (κ1) is 16.0. The topological polar surface area (TPSA) is 66.4 Å². The summed E-state index contributed by atoms with van der Waals surface area (Å²) in [6, 6.07) is 0. The zero-order valence-corrected chi connectivity index (χ0v) is 12.4. The molecule has 1 aliphatic carbocycles. The van der Waals surface area contributed by atoms with E-state index in [1.807, 2.05) is 0 Å². The molecule has 2 N–H and O–H groups in total. The summed E-state index contributed by atoms with van der Waals surface area (Å²) in [6.07, 6.45) is 5.87. The van der Waals surface area contributed by atoms with Crippen molar-refractivity contribution in [3.8, 4) is 0 Å². The molecule has 0 bridgehead atoms. The van der Waals surface area contributed by atoms with Crippen LogP contribution >= 0.6 is 0 Å². The van der Waals surface area contributed by atoms with Gasteiger partial charge in [-0.1, -0.05) is 19.8 Å². The maximum atomic E-state index is 11.8. The molecule has 1 rings (SSSR count). The van der Waals surface area contributed by atoms with Gasteiger partial charge in [-0.25, -0.2) is 0 Å². The van der Waals surface area contributed by atoms with Gasteiger partial charge in [-0.3, -0.25) is 9.59 Å². The van der Waals surface area contributed by atoms with Crippen LogP contribution in [0, 0.1) is 17.3 Å².